The Kier molecular flexibility index (Phi) is 5.05. The Bertz CT molecular complexity index is 895. The van der Waals surface area contributed by atoms with Gasteiger partial charge in [-0.1, -0.05) is 11.6 Å². The van der Waals surface area contributed by atoms with Crippen molar-refractivity contribution in [2.45, 2.75) is 25.3 Å². The molecule has 136 valence electrons. The van der Waals surface area contributed by atoms with Crippen molar-refractivity contribution in [1.82, 2.24) is 25.3 Å². The number of amides is 1. The van der Waals surface area contributed by atoms with Gasteiger partial charge in [-0.05, 0) is 38.1 Å². The number of halogens is 1. The lowest BCUT2D eigenvalue weighted by atomic mass is 9.92. The first kappa shape index (κ1) is 17.3. The Morgan fingerprint density at radius 2 is 2.19 bits per heavy atom. The van der Waals surface area contributed by atoms with Crippen LogP contribution in [0.15, 0.2) is 30.6 Å². The summed E-state index contributed by atoms with van der Waals surface area (Å²) in [6.45, 7) is 2.48. The highest BCUT2D eigenvalue weighted by atomic mass is 35.5. The summed E-state index contributed by atoms with van der Waals surface area (Å²) >= 11 is 7.49. The fourth-order valence-electron chi connectivity index (χ4n) is 3.23. The number of thiophene rings is 1. The van der Waals surface area contributed by atoms with E-state index in [2.05, 4.69) is 25.9 Å². The molecule has 1 fully saturated rings. The number of carbonyl (C=O) groups is 1. The molecule has 1 amide bonds. The molecule has 9 heteroatoms. The second kappa shape index (κ2) is 7.61. The third-order valence-electron chi connectivity index (χ3n) is 4.55. The van der Waals surface area contributed by atoms with Crippen molar-refractivity contribution in [2.24, 2.45) is 0 Å². The summed E-state index contributed by atoms with van der Waals surface area (Å²) in [6.07, 6.45) is 5.28. The first-order chi connectivity index (χ1) is 12.7. The summed E-state index contributed by atoms with van der Waals surface area (Å²) < 4.78 is 2.49. The smallest absolute Gasteiger partial charge is 0.260 e. The van der Waals surface area contributed by atoms with Crippen molar-refractivity contribution >= 4 is 34.7 Å². The quantitative estimate of drug-likeness (QED) is 0.624. The number of anilines is 1. The van der Waals surface area contributed by atoms with E-state index in [-0.39, 0.29) is 5.91 Å². The van der Waals surface area contributed by atoms with E-state index in [0.29, 0.717) is 23.8 Å². The predicted octanol–water partition coefficient (Wildman–Crippen LogP) is 3.09. The summed E-state index contributed by atoms with van der Waals surface area (Å²) in [4.78, 5) is 13.9. The summed E-state index contributed by atoms with van der Waals surface area (Å²) in [5, 5.41) is 17.7. The molecule has 0 spiro atoms. The minimum absolute atomic E-state index is 0.168. The molecule has 3 aromatic rings. The number of piperidine rings is 1. The molecule has 0 aromatic carbocycles. The molecule has 4 heterocycles. The maximum atomic E-state index is 12.8. The second-order valence-corrected chi connectivity index (χ2v) is 8.06. The van der Waals surface area contributed by atoms with Gasteiger partial charge in [0.25, 0.3) is 5.91 Å². The largest absolute Gasteiger partial charge is 0.317 e. The molecule has 4 rings (SSSR count). The summed E-state index contributed by atoms with van der Waals surface area (Å²) in [5.41, 5.74) is 1.52. The van der Waals surface area contributed by atoms with Crippen molar-refractivity contribution in [2.75, 3.05) is 18.4 Å². The van der Waals surface area contributed by atoms with E-state index < -0.39 is 0 Å². The SMILES string of the molecule is O=C(Nc1ccnn1Cc1ccc(Cl)s1)c1cn[nH]c1C1CCNCC1. The van der Waals surface area contributed by atoms with Crippen molar-refractivity contribution in [1.29, 1.82) is 0 Å². The fraction of sp³-hybridized carbons (Fsp3) is 0.353. The van der Waals surface area contributed by atoms with Crippen molar-refractivity contribution in [3.63, 3.8) is 0 Å². The minimum atomic E-state index is -0.168. The molecule has 26 heavy (non-hydrogen) atoms. The molecule has 0 unspecified atom stereocenters. The lowest BCUT2D eigenvalue weighted by molar-refractivity contribution is 0.102. The van der Waals surface area contributed by atoms with Crippen LogP contribution in [0.25, 0.3) is 0 Å². The Hall–Kier alpha value is -2.16. The van der Waals surface area contributed by atoms with E-state index in [0.717, 1.165) is 40.8 Å². The monoisotopic (exact) mass is 390 g/mol. The highest BCUT2D eigenvalue weighted by Crippen LogP contribution is 2.27. The number of nitrogens with zero attached hydrogens (tertiary/aromatic N) is 3. The van der Waals surface area contributed by atoms with Crippen molar-refractivity contribution < 1.29 is 4.79 Å². The molecule has 0 bridgehead atoms. The van der Waals surface area contributed by atoms with Crippen LogP contribution in [0.1, 0.15) is 39.7 Å². The predicted molar refractivity (Wildman–Crippen MR) is 102 cm³/mol. The lowest BCUT2D eigenvalue weighted by Gasteiger charge is -2.22. The highest BCUT2D eigenvalue weighted by Gasteiger charge is 2.24. The van der Waals surface area contributed by atoms with Gasteiger partial charge in [-0.25, -0.2) is 4.68 Å². The van der Waals surface area contributed by atoms with Gasteiger partial charge in [0.05, 0.1) is 34.5 Å². The molecule has 0 radical (unpaired) electrons. The van der Waals surface area contributed by atoms with E-state index in [1.807, 2.05) is 12.1 Å². The highest BCUT2D eigenvalue weighted by molar-refractivity contribution is 7.16. The van der Waals surface area contributed by atoms with E-state index >= 15 is 0 Å². The fourth-order valence-corrected chi connectivity index (χ4v) is 4.30. The molecule has 3 aromatic heterocycles. The van der Waals surface area contributed by atoms with Crippen molar-refractivity contribution in [3.05, 3.63) is 51.1 Å². The Labute approximate surface area is 159 Å². The zero-order valence-corrected chi connectivity index (χ0v) is 15.6. The Morgan fingerprint density at radius 3 is 2.96 bits per heavy atom. The molecular weight excluding hydrogens is 372 g/mol. The third kappa shape index (κ3) is 3.67. The van der Waals surface area contributed by atoms with Crippen LogP contribution >= 0.6 is 22.9 Å². The first-order valence-electron chi connectivity index (χ1n) is 8.52. The summed E-state index contributed by atoms with van der Waals surface area (Å²) in [5.74, 6) is 0.813. The van der Waals surface area contributed by atoms with Crippen LogP contribution in [0.3, 0.4) is 0 Å². The number of nitrogens with one attached hydrogen (secondary N) is 3. The van der Waals surface area contributed by atoms with Gasteiger partial charge in [0.1, 0.15) is 5.82 Å². The molecule has 0 atom stereocenters. The van der Waals surface area contributed by atoms with Gasteiger partial charge in [0, 0.05) is 16.9 Å². The topological polar surface area (TPSA) is 87.6 Å². The van der Waals surface area contributed by atoms with Crippen LogP contribution in [0.5, 0.6) is 0 Å². The van der Waals surface area contributed by atoms with E-state index in [9.17, 15) is 4.79 Å². The van der Waals surface area contributed by atoms with E-state index in [1.165, 1.54) is 11.3 Å². The number of carbonyl (C=O) groups excluding carboxylic acids is 1. The summed E-state index contributed by atoms with van der Waals surface area (Å²) in [7, 11) is 0. The molecule has 1 aliphatic heterocycles. The van der Waals surface area contributed by atoms with Crippen molar-refractivity contribution in [3.8, 4) is 0 Å². The van der Waals surface area contributed by atoms with Crippen LogP contribution in [0.2, 0.25) is 4.34 Å². The van der Waals surface area contributed by atoms with Gasteiger partial charge in [-0.15, -0.1) is 11.3 Å². The standard InChI is InChI=1S/C17H19ClN6OS/c18-14-2-1-12(26-14)10-24-15(5-8-21-24)22-17(25)13-9-20-23-16(13)11-3-6-19-7-4-11/h1-2,5,8-9,11,19H,3-4,6-7,10H2,(H,20,23)(H,22,25). The van der Waals surface area contributed by atoms with Gasteiger partial charge in [0.2, 0.25) is 0 Å². The normalized spacial score (nSPS) is 15.3. The first-order valence-corrected chi connectivity index (χ1v) is 9.71. The number of H-pyrrole nitrogens is 1. The van der Waals surface area contributed by atoms with Crippen LogP contribution in [-0.2, 0) is 6.54 Å². The lowest BCUT2D eigenvalue weighted by Crippen LogP contribution is -2.28. The Balaban J connectivity index is 1.49. The van der Waals surface area contributed by atoms with Crippen LogP contribution in [0, 0.1) is 0 Å². The van der Waals surface area contributed by atoms with Gasteiger partial charge >= 0.3 is 0 Å². The molecule has 3 N–H and O–H groups in total. The number of rotatable bonds is 5. The molecule has 7 nitrogen and oxygen atoms in total. The van der Waals surface area contributed by atoms with Gasteiger partial charge < -0.3 is 10.6 Å². The average molecular weight is 391 g/mol. The Morgan fingerprint density at radius 1 is 1.35 bits per heavy atom. The number of hydrogen-bond donors (Lipinski definition) is 3. The zero-order valence-electron chi connectivity index (χ0n) is 14.0. The molecule has 0 aliphatic carbocycles. The molecule has 1 saturated heterocycles. The van der Waals surface area contributed by atoms with Crippen LogP contribution < -0.4 is 10.6 Å². The second-order valence-electron chi connectivity index (χ2n) is 6.26. The van der Waals surface area contributed by atoms with Gasteiger partial charge in [-0.2, -0.15) is 10.2 Å². The molecule has 1 aliphatic rings. The molecular formula is C17H19ClN6OS. The molecule has 0 saturated carbocycles. The number of aromatic amines is 1. The number of aromatic nitrogens is 4. The average Bonchev–Trinajstić information content (AvgIpc) is 3.38. The van der Waals surface area contributed by atoms with Crippen LogP contribution in [0.4, 0.5) is 5.82 Å². The maximum absolute atomic E-state index is 12.8. The van der Waals surface area contributed by atoms with E-state index in [1.54, 1.807) is 23.1 Å². The van der Waals surface area contributed by atoms with Gasteiger partial charge in [0.15, 0.2) is 0 Å². The van der Waals surface area contributed by atoms with Crippen LogP contribution in [-0.4, -0.2) is 39.0 Å². The minimum Gasteiger partial charge on any atom is -0.317 e. The number of hydrogen-bond acceptors (Lipinski definition) is 5. The van der Waals surface area contributed by atoms with E-state index in [4.69, 9.17) is 11.6 Å². The van der Waals surface area contributed by atoms with Gasteiger partial charge in [-0.3, -0.25) is 9.89 Å². The maximum Gasteiger partial charge on any atom is 0.260 e. The third-order valence-corrected chi connectivity index (χ3v) is 5.77. The zero-order chi connectivity index (χ0) is 17.9. The summed E-state index contributed by atoms with van der Waals surface area (Å²) in [6, 6.07) is 5.61.